The van der Waals surface area contributed by atoms with Gasteiger partial charge in [-0.3, -0.25) is 9.80 Å². The molecule has 0 bridgehead atoms. The molecule has 0 amide bonds. The zero-order chi connectivity index (χ0) is 19.8. The minimum absolute atomic E-state index is 0.727. The van der Waals surface area contributed by atoms with Crippen LogP contribution >= 0.6 is 0 Å². The largest absolute Gasteiger partial charge is 0.473 e. The molecule has 0 spiro atoms. The zero-order valence-corrected chi connectivity index (χ0v) is 16.0. The zero-order valence-electron chi connectivity index (χ0n) is 16.0. The number of benzene rings is 2. The van der Waals surface area contributed by atoms with Crippen molar-refractivity contribution in [3.8, 4) is 0 Å². The third-order valence-electron chi connectivity index (χ3n) is 5.08. The summed E-state index contributed by atoms with van der Waals surface area (Å²) >= 11 is 0. The summed E-state index contributed by atoms with van der Waals surface area (Å²) in [6, 6.07) is 16.1. The van der Waals surface area contributed by atoms with Gasteiger partial charge in [-0.2, -0.15) is 0 Å². The number of hydrogen-bond acceptors (Lipinski definition) is 4. The van der Waals surface area contributed by atoms with Gasteiger partial charge in [0.15, 0.2) is 0 Å². The molecule has 1 aliphatic rings. The maximum atomic E-state index is 9.10. The van der Waals surface area contributed by atoms with E-state index in [9.17, 15) is 0 Å². The Labute approximate surface area is 160 Å². The lowest BCUT2D eigenvalue weighted by Gasteiger charge is -2.38. The molecule has 1 fully saturated rings. The van der Waals surface area contributed by atoms with Crippen LogP contribution < -0.4 is 0 Å². The molecule has 1 saturated heterocycles. The molecule has 2 aromatic carbocycles. The van der Waals surface area contributed by atoms with Crippen LogP contribution in [0.2, 0.25) is 0 Å². The summed E-state index contributed by atoms with van der Waals surface area (Å²) in [5.74, 6) is -3.65. The monoisotopic (exact) mass is 372 g/mol. The second kappa shape index (κ2) is 10.0. The summed E-state index contributed by atoms with van der Waals surface area (Å²) in [5, 5.41) is 17.5. The Bertz CT molecular complexity index is 752. The third-order valence-corrected chi connectivity index (χ3v) is 5.08. The van der Waals surface area contributed by atoms with Gasteiger partial charge >= 0.3 is 11.9 Å². The summed E-state index contributed by atoms with van der Waals surface area (Å²) in [4.78, 5) is 23.4. The van der Waals surface area contributed by atoms with E-state index in [1.54, 1.807) is 0 Å². The van der Waals surface area contributed by atoms with E-state index in [4.69, 9.17) is 19.8 Å². The molecule has 6 nitrogen and oxygen atoms in total. The van der Waals surface area contributed by atoms with E-state index in [1.807, 2.05) is 0 Å². The fraction of sp³-hybridized carbons (Fsp3) is 0.429. The van der Waals surface area contributed by atoms with Gasteiger partial charge in [-0.05, 0) is 29.7 Å². The van der Waals surface area contributed by atoms with Gasteiger partial charge in [0.05, 0.1) is 0 Å². The van der Waals surface area contributed by atoms with Crippen LogP contribution in [0.5, 0.6) is 0 Å². The molecule has 1 atom stereocenters. The highest BCUT2D eigenvalue weighted by Gasteiger charge is 2.20. The molecule has 3 rings (SSSR count). The van der Waals surface area contributed by atoms with E-state index in [1.165, 1.54) is 48.9 Å². The normalized spacial score (nSPS) is 16.4. The van der Waals surface area contributed by atoms with Gasteiger partial charge in [0.2, 0.25) is 0 Å². The Balaban J connectivity index is 0.000000380. The lowest BCUT2D eigenvalue weighted by molar-refractivity contribution is -0.159. The Morgan fingerprint density at radius 3 is 2.15 bits per heavy atom. The molecular formula is C21H28N2O4. The quantitative estimate of drug-likeness (QED) is 0.803. The summed E-state index contributed by atoms with van der Waals surface area (Å²) in [6.45, 7) is 10.5. The predicted molar refractivity (Wildman–Crippen MR) is 106 cm³/mol. The minimum Gasteiger partial charge on any atom is -0.473 e. The molecule has 146 valence electrons. The lowest BCUT2D eigenvalue weighted by atomic mass is 10.0. The Morgan fingerprint density at radius 1 is 0.963 bits per heavy atom. The minimum atomic E-state index is -1.82. The molecule has 0 saturated carbocycles. The van der Waals surface area contributed by atoms with Crippen molar-refractivity contribution in [2.75, 3.05) is 26.2 Å². The smallest absolute Gasteiger partial charge is 0.414 e. The highest BCUT2D eigenvalue weighted by molar-refractivity contribution is 6.27. The van der Waals surface area contributed by atoms with E-state index in [0.717, 1.165) is 12.6 Å². The van der Waals surface area contributed by atoms with Crippen molar-refractivity contribution in [2.45, 2.75) is 32.9 Å². The number of nitrogens with zero attached hydrogens (tertiary/aromatic N) is 2. The third kappa shape index (κ3) is 6.05. The van der Waals surface area contributed by atoms with Crippen LogP contribution in [0.3, 0.4) is 0 Å². The number of carboxylic acids is 2. The second-order valence-electron chi connectivity index (χ2n) is 6.82. The number of fused-ring (bicyclic) bond motifs is 1. The van der Waals surface area contributed by atoms with Crippen molar-refractivity contribution in [3.63, 3.8) is 0 Å². The summed E-state index contributed by atoms with van der Waals surface area (Å²) in [6.07, 6.45) is 1.25. The van der Waals surface area contributed by atoms with E-state index >= 15 is 0 Å². The summed E-state index contributed by atoms with van der Waals surface area (Å²) in [7, 11) is 0. The standard InChI is InChI=1S/C19H26N2.C2H2O4/c1-3-16(2)21-13-11-20(12-14-21)15-18-9-6-8-17-7-4-5-10-19(17)18;3-1(4)2(5)6/h4-10,16H,3,11-15H2,1-2H3;(H,3,4)(H,5,6). The van der Waals surface area contributed by atoms with Crippen molar-refractivity contribution < 1.29 is 19.8 Å². The molecule has 2 aromatic rings. The van der Waals surface area contributed by atoms with Gasteiger partial charge in [-0.1, -0.05) is 49.4 Å². The van der Waals surface area contributed by atoms with Gasteiger partial charge < -0.3 is 10.2 Å². The number of hydrogen-bond donors (Lipinski definition) is 2. The number of carboxylic acid groups (broad SMARTS) is 2. The van der Waals surface area contributed by atoms with Gasteiger partial charge in [0, 0.05) is 38.8 Å². The summed E-state index contributed by atoms with van der Waals surface area (Å²) in [5.41, 5.74) is 1.46. The van der Waals surface area contributed by atoms with E-state index in [-0.39, 0.29) is 0 Å². The number of aliphatic carboxylic acids is 2. The maximum absolute atomic E-state index is 9.10. The molecule has 1 unspecified atom stereocenters. The summed E-state index contributed by atoms with van der Waals surface area (Å²) < 4.78 is 0. The Kier molecular flexibility index (Phi) is 7.76. The van der Waals surface area contributed by atoms with E-state index in [2.05, 4.69) is 66.1 Å². The van der Waals surface area contributed by atoms with Crippen molar-refractivity contribution in [2.24, 2.45) is 0 Å². The molecule has 27 heavy (non-hydrogen) atoms. The van der Waals surface area contributed by atoms with Crippen molar-refractivity contribution in [1.29, 1.82) is 0 Å². The van der Waals surface area contributed by atoms with Crippen molar-refractivity contribution in [3.05, 3.63) is 48.0 Å². The Hall–Kier alpha value is -2.44. The first-order valence-corrected chi connectivity index (χ1v) is 9.31. The van der Waals surface area contributed by atoms with Gasteiger partial charge in [-0.15, -0.1) is 0 Å². The molecule has 1 aliphatic heterocycles. The van der Waals surface area contributed by atoms with Gasteiger partial charge in [0.1, 0.15) is 0 Å². The number of carbonyl (C=O) groups is 2. The van der Waals surface area contributed by atoms with Crippen LogP contribution in [-0.4, -0.2) is 64.2 Å². The molecule has 2 N–H and O–H groups in total. The van der Waals surface area contributed by atoms with Crippen LogP contribution in [0.1, 0.15) is 25.8 Å². The van der Waals surface area contributed by atoms with E-state index in [0.29, 0.717) is 0 Å². The molecule has 0 aliphatic carbocycles. The first kappa shape index (κ1) is 20.9. The van der Waals surface area contributed by atoms with Crippen LogP contribution in [0.4, 0.5) is 0 Å². The van der Waals surface area contributed by atoms with Gasteiger partial charge in [-0.25, -0.2) is 9.59 Å². The second-order valence-corrected chi connectivity index (χ2v) is 6.82. The molecular weight excluding hydrogens is 344 g/mol. The van der Waals surface area contributed by atoms with Crippen LogP contribution in [0.25, 0.3) is 10.8 Å². The SMILES string of the molecule is CCC(C)N1CCN(Cc2cccc3ccccc23)CC1.O=C(O)C(=O)O. The molecule has 6 heteroatoms. The van der Waals surface area contributed by atoms with Gasteiger partial charge in [0.25, 0.3) is 0 Å². The molecule has 0 radical (unpaired) electrons. The van der Waals surface area contributed by atoms with Crippen molar-refractivity contribution in [1.82, 2.24) is 9.80 Å². The van der Waals surface area contributed by atoms with Crippen LogP contribution in [-0.2, 0) is 16.1 Å². The maximum Gasteiger partial charge on any atom is 0.414 e. The molecule has 0 aromatic heterocycles. The fourth-order valence-corrected chi connectivity index (χ4v) is 3.29. The van der Waals surface area contributed by atoms with E-state index < -0.39 is 11.9 Å². The van der Waals surface area contributed by atoms with Crippen molar-refractivity contribution >= 4 is 22.7 Å². The first-order valence-electron chi connectivity index (χ1n) is 9.31. The first-order chi connectivity index (χ1) is 12.9. The lowest BCUT2D eigenvalue weighted by Crippen LogP contribution is -2.49. The average molecular weight is 372 g/mol. The topological polar surface area (TPSA) is 81.1 Å². The average Bonchev–Trinajstić information content (AvgIpc) is 2.68. The number of piperazine rings is 1. The number of rotatable bonds is 4. The molecule has 1 heterocycles. The predicted octanol–water partition coefficient (Wildman–Crippen LogP) is 2.91. The van der Waals surface area contributed by atoms with Crippen LogP contribution in [0.15, 0.2) is 42.5 Å². The van der Waals surface area contributed by atoms with Crippen LogP contribution in [0, 0.1) is 0 Å². The highest BCUT2D eigenvalue weighted by atomic mass is 16.4. The highest BCUT2D eigenvalue weighted by Crippen LogP contribution is 2.21. The Morgan fingerprint density at radius 2 is 1.56 bits per heavy atom. The fourth-order valence-electron chi connectivity index (χ4n) is 3.29.